The van der Waals surface area contributed by atoms with Gasteiger partial charge in [0.15, 0.2) is 0 Å². The zero-order valence-corrected chi connectivity index (χ0v) is 10.5. The van der Waals surface area contributed by atoms with Crippen LogP contribution in [0.1, 0.15) is 29.6 Å². The summed E-state index contributed by atoms with van der Waals surface area (Å²) in [6.45, 7) is 8.51. The van der Waals surface area contributed by atoms with Crippen LogP contribution in [0.15, 0.2) is 17.0 Å². The van der Waals surface area contributed by atoms with Crippen molar-refractivity contribution in [1.29, 1.82) is 0 Å². The average Bonchev–Trinajstić information content (AvgIpc) is 2.88. The minimum absolute atomic E-state index is 0.764. The van der Waals surface area contributed by atoms with E-state index in [1.54, 1.807) is 0 Å². The molecule has 0 aliphatic rings. The maximum absolute atomic E-state index is 5.14. The van der Waals surface area contributed by atoms with Gasteiger partial charge < -0.3 is 14.4 Å². The maximum Gasteiger partial charge on any atom is 0.138 e. The van der Waals surface area contributed by atoms with Crippen molar-refractivity contribution in [3.05, 3.63) is 35.2 Å². The lowest BCUT2D eigenvalue weighted by molar-refractivity contribution is 0.392. The minimum Gasteiger partial charge on any atom is -0.361 e. The molecule has 0 radical (unpaired) electrons. The van der Waals surface area contributed by atoms with Gasteiger partial charge in [0.05, 0.1) is 24.3 Å². The van der Waals surface area contributed by atoms with Gasteiger partial charge in [0.2, 0.25) is 0 Å². The summed E-state index contributed by atoms with van der Waals surface area (Å²) in [5.74, 6) is 0.879. The van der Waals surface area contributed by atoms with E-state index in [1.807, 2.05) is 20.2 Å². The zero-order chi connectivity index (χ0) is 12.3. The van der Waals surface area contributed by atoms with Crippen molar-refractivity contribution in [1.82, 2.24) is 20.0 Å². The minimum atomic E-state index is 0.764. The first-order valence-corrected chi connectivity index (χ1v) is 5.83. The first-order chi connectivity index (χ1) is 8.20. The van der Waals surface area contributed by atoms with Crippen LogP contribution >= 0.6 is 0 Å². The smallest absolute Gasteiger partial charge is 0.138 e. The Morgan fingerprint density at radius 3 is 2.88 bits per heavy atom. The third-order valence-electron chi connectivity index (χ3n) is 2.76. The lowest BCUT2D eigenvalue weighted by atomic mass is 10.2. The Bertz CT molecular complexity index is 467. The van der Waals surface area contributed by atoms with E-state index in [-0.39, 0.29) is 0 Å². The van der Waals surface area contributed by atoms with Gasteiger partial charge in [-0.2, -0.15) is 0 Å². The Hall–Kier alpha value is -1.62. The molecule has 17 heavy (non-hydrogen) atoms. The molecule has 0 aliphatic heterocycles. The van der Waals surface area contributed by atoms with E-state index in [2.05, 4.69) is 33.1 Å². The van der Waals surface area contributed by atoms with E-state index in [1.165, 1.54) is 0 Å². The fourth-order valence-electron chi connectivity index (χ4n) is 1.75. The van der Waals surface area contributed by atoms with Crippen molar-refractivity contribution in [2.45, 2.75) is 33.9 Å². The van der Waals surface area contributed by atoms with Gasteiger partial charge in [-0.15, -0.1) is 0 Å². The fourth-order valence-corrected chi connectivity index (χ4v) is 1.75. The maximum atomic E-state index is 5.14. The third kappa shape index (κ3) is 2.74. The summed E-state index contributed by atoms with van der Waals surface area (Å²) in [6.07, 6.45) is 3.90. The van der Waals surface area contributed by atoms with Crippen molar-refractivity contribution in [3.63, 3.8) is 0 Å². The molecule has 5 nitrogen and oxygen atoms in total. The summed E-state index contributed by atoms with van der Waals surface area (Å²) < 4.78 is 7.20. The summed E-state index contributed by atoms with van der Waals surface area (Å²) >= 11 is 0. The van der Waals surface area contributed by atoms with Crippen LogP contribution in [0.3, 0.4) is 0 Å². The van der Waals surface area contributed by atoms with Crippen molar-refractivity contribution < 1.29 is 4.52 Å². The second kappa shape index (κ2) is 5.14. The second-order valence-electron chi connectivity index (χ2n) is 4.12. The molecule has 2 aromatic rings. The van der Waals surface area contributed by atoms with Crippen LogP contribution in [0.25, 0.3) is 0 Å². The highest BCUT2D eigenvalue weighted by Gasteiger charge is 2.09. The normalized spacial score (nSPS) is 11.0. The zero-order valence-electron chi connectivity index (χ0n) is 10.5. The lowest BCUT2D eigenvalue weighted by Gasteiger charge is -2.00. The third-order valence-corrected chi connectivity index (χ3v) is 2.76. The molecule has 0 saturated heterocycles. The molecule has 92 valence electrons. The first kappa shape index (κ1) is 11.9. The quantitative estimate of drug-likeness (QED) is 0.854. The predicted molar refractivity (Wildman–Crippen MR) is 64.7 cm³/mol. The summed E-state index contributed by atoms with van der Waals surface area (Å²) in [7, 11) is 0. The van der Waals surface area contributed by atoms with Crippen molar-refractivity contribution in [2.24, 2.45) is 0 Å². The average molecular weight is 234 g/mol. The van der Waals surface area contributed by atoms with Crippen LogP contribution in [0.5, 0.6) is 0 Å². The number of aryl methyl sites for hydroxylation is 2. The largest absolute Gasteiger partial charge is 0.361 e. The summed E-state index contributed by atoms with van der Waals surface area (Å²) in [6, 6.07) is 0. The summed E-state index contributed by atoms with van der Waals surface area (Å²) in [5, 5.41) is 7.20. The first-order valence-electron chi connectivity index (χ1n) is 5.83. The molecule has 0 saturated carbocycles. The van der Waals surface area contributed by atoms with Gasteiger partial charge in [-0.25, -0.2) is 4.98 Å². The monoisotopic (exact) mass is 234 g/mol. The van der Waals surface area contributed by atoms with E-state index >= 15 is 0 Å². The molecule has 0 unspecified atom stereocenters. The van der Waals surface area contributed by atoms with E-state index in [9.17, 15) is 0 Å². The Balaban J connectivity index is 2.06. The van der Waals surface area contributed by atoms with Gasteiger partial charge in [-0.05, 0) is 20.4 Å². The molecule has 2 rings (SSSR count). The van der Waals surface area contributed by atoms with Crippen LogP contribution in [-0.4, -0.2) is 21.3 Å². The SMILES string of the molecule is CCNCc1cn(Cc2c(C)noc2C)cn1. The van der Waals surface area contributed by atoms with Crippen molar-refractivity contribution >= 4 is 0 Å². The molecule has 0 aliphatic carbocycles. The van der Waals surface area contributed by atoms with Gasteiger partial charge in [0.1, 0.15) is 5.76 Å². The lowest BCUT2D eigenvalue weighted by Crippen LogP contribution is -2.11. The Kier molecular flexibility index (Phi) is 3.58. The number of aromatic nitrogens is 3. The van der Waals surface area contributed by atoms with E-state index in [0.717, 1.165) is 42.3 Å². The molecule has 5 heteroatoms. The van der Waals surface area contributed by atoms with Gasteiger partial charge >= 0.3 is 0 Å². The molecule has 1 N–H and O–H groups in total. The van der Waals surface area contributed by atoms with Gasteiger partial charge in [-0.1, -0.05) is 12.1 Å². The van der Waals surface area contributed by atoms with Crippen molar-refractivity contribution in [2.75, 3.05) is 6.54 Å². The standard InChI is InChI=1S/C12H18N4O/c1-4-13-5-11-6-16(8-14-11)7-12-9(2)15-17-10(12)3/h6,8,13H,4-5,7H2,1-3H3. The topological polar surface area (TPSA) is 55.9 Å². The molecule has 2 aromatic heterocycles. The number of nitrogens with one attached hydrogen (secondary N) is 1. The van der Waals surface area contributed by atoms with Gasteiger partial charge in [-0.3, -0.25) is 0 Å². The van der Waals surface area contributed by atoms with E-state index in [0.29, 0.717) is 0 Å². The van der Waals surface area contributed by atoms with Crippen LogP contribution in [0.2, 0.25) is 0 Å². The molecular formula is C12H18N4O. The molecule has 0 spiro atoms. The Morgan fingerprint density at radius 1 is 1.41 bits per heavy atom. The summed E-state index contributed by atoms with van der Waals surface area (Å²) in [5.41, 5.74) is 3.14. The number of hydrogen-bond acceptors (Lipinski definition) is 4. The van der Waals surface area contributed by atoms with Gasteiger partial charge in [0, 0.05) is 18.3 Å². The Labute approximate surface area is 101 Å². The van der Waals surface area contributed by atoms with Crippen LogP contribution in [0.4, 0.5) is 0 Å². The van der Waals surface area contributed by atoms with Crippen molar-refractivity contribution in [3.8, 4) is 0 Å². The van der Waals surface area contributed by atoms with Gasteiger partial charge in [0.25, 0.3) is 0 Å². The number of imidazole rings is 1. The molecule has 0 aromatic carbocycles. The highest BCUT2D eigenvalue weighted by molar-refractivity contribution is 5.21. The molecule has 0 atom stereocenters. The Morgan fingerprint density at radius 2 is 2.24 bits per heavy atom. The predicted octanol–water partition coefficient (Wildman–Crippen LogP) is 1.65. The van der Waals surface area contributed by atoms with E-state index in [4.69, 9.17) is 4.52 Å². The fraction of sp³-hybridized carbons (Fsp3) is 0.500. The number of nitrogens with zero attached hydrogens (tertiary/aromatic N) is 3. The van der Waals surface area contributed by atoms with Crippen LogP contribution < -0.4 is 5.32 Å². The highest BCUT2D eigenvalue weighted by Crippen LogP contribution is 2.13. The molecule has 2 heterocycles. The van der Waals surface area contributed by atoms with Crippen LogP contribution in [-0.2, 0) is 13.1 Å². The van der Waals surface area contributed by atoms with Crippen LogP contribution in [0, 0.1) is 13.8 Å². The number of rotatable bonds is 5. The summed E-state index contributed by atoms with van der Waals surface area (Å²) in [4.78, 5) is 4.34. The molecule has 0 amide bonds. The second-order valence-corrected chi connectivity index (χ2v) is 4.12. The molecular weight excluding hydrogens is 216 g/mol. The highest BCUT2D eigenvalue weighted by atomic mass is 16.5. The molecule has 0 fully saturated rings. The van der Waals surface area contributed by atoms with E-state index < -0.39 is 0 Å². The number of hydrogen-bond donors (Lipinski definition) is 1. The molecule has 0 bridgehead atoms.